The molecule has 108 valence electrons. The summed E-state index contributed by atoms with van der Waals surface area (Å²) in [5.41, 5.74) is 2.99. The van der Waals surface area contributed by atoms with Crippen LogP contribution in [-0.2, 0) is 6.54 Å². The summed E-state index contributed by atoms with van der Waals surface area (Å²) in [6, 6.07) is 10.2. The second-order valence-corrected chi connectivity index (χ2v) is 4.88. The highest BCUT2D eigenvalue weighted by Crippen LogP contribution is 2.16. The quantitative estimate of drug-likeness (QED) is 0.769. The van der Waals surface area contributed by atoms with Gasteiger partial charge in [0.2, 0.25) is 0 Å². The molecule has 0 aliphatic rings. The standard InChI is InChI=1S/C14H16N6O/c1-10-6-13(17-21-10)8-15-11(2)12-4-3-5-14(7-12)20-9-16-18-19-20/h3-7,9,11,15H,8H2,1-2H3. The van der Waals surface area contributed by atoms with Gasteiger partial charge in [-0.05, 0) is 42.0 Å². The molecular weight excluding hydrogens is 268 g/mol. The van der Waals surface area contributed by atoms with Crippen LogP contribution in [0.15, 0.2) is 41.2 Å². The average molecular weight is 284 g/mol. The molecule has 2 heterocycles. The highest BCUT2D eigenvalue weighted by molar-refractivity contribution is 5.35. The van der Waals surface area contributed by atoms with E-state index < -0.39 is 0 Å². The Bertz CT molecular complexity index is 706. The van der Waals surface area contributed by atoms with Crippen molar-refractivity contribution in [1.29, 1.82) is 0 Å². The molecule has 1 unspecified atom stereocenters. The Morgan fingerprint density at radius 2 is 2.24 bits per heavy atom. The van der Waals surface area contributed by atoms with Gasteiger partial charge in [-0.2, -0.15) is 0 Å². The smallest absolute Gasteiger partial charge is 0.143 e. The van der Waals surface area contributed by atoms with E-state index in [1.165, 1.54) is 0 Å². The zero-order valence-corrected chi connectivity index (χ0v) is 11.9. The fraction of sp³-hybridized carbons (Fsp3) is 0.286. The molecule has 7 heteroatoms. The van der Waals surface area contributed by atoms with Crippen molar-refractivity contribution in [2.45, 2.75) is 26.4 Å². The minimum atomic E-state index is 0.179. The molecule has 2 aromatic heterocycles. The first-order valence-electron chi connectivity index (χ1n) is 6.71. The lowest BCUT2D eigenvalue weighted by atomic mass is 10.1. The van der Waals surface area contributed by atoms with Crippen LogP contribution in [0.4, 0.5) is 0 Å². The van der Waals surface area contributed by atoms with E-state index in [2.05, 4.69) is 45.1 Å². The molecule has 0 radical (unpaired) electrons. The van der Waals surface area contributed by atoms with Crippen molar-refractivity contribution in [3.63, 3.8) is 0 Å². The van der Waals surface area contributed by atoms with E-state index in [-0.39, 0.29) is 6.04 Å². The molecule has 3 rings (SSSR count). The van der Waals surface area contributed by atoms with Gasteiger partial charge in [0, 0.05) is 18.7 Å². The second kappa shape index (κ2) is 5.84. The van der Waals surface area contributed by atoms with Gasteiger partial charge in [-0.15, -0.1) is 5.10 Å². The second-order valence-electron chi connectivity index (χ2n) is 4.88. The highest BCUT2D eigenvalue weighted by atomic mass is 16.5. The molecule has 1 aromatic carbocycles. The largest absolute Gasteiger partial charge is 0.361 e. The highest BCUT2D eigenvalue weighted by Gasteiger charge is 2.08. The fourth-order valence-electron chi connectivity index (χ4n) is 2.09. The summed E-state index contributed by atoms with van der Waals surface area (Å²) >= 11 is 0. The molecule has 1 N–H and O–H groups in total. The van der Waals surface area contributed by atoms with Gasteiger partial charge < -0.3 is 9.84 Å². The third kappa shape index (κ3) is 3.14. The van der Waals surface area contributed by atoms with Crippen molar-refractivity contribution in [3.05, 3.63) is 53.7 Å². The van der Waals surface area contributed by atoms with Crippen molar-refractivity contribution in [2.24, 2.45) is 0 Å². The Hall–Kier alpha value is -2.54. The van der Waals surface area contributed by atoms with Gasteiger partial charge in [-0.25, -0.2) is 4.68 Å². The Balaban J connectivity index is 1.69. The van der Waals surface area contributed by atoms with Crippen LogP contribution in [0.25, 0.3) is 5.69 Å². The monoisotopic (exact) mass is 284 g/mol. The maximum atomic E-state index is 5.06. The van der Waals surface area contributed by atoms with Crippen LogP contribution in [0.5, 0.6) is 0 Å². The van der Waals surface area contributed by atoms with E-state index in [0.717, 1.165) is 22.7 Å². The topological polar surface area (TPSA) is 81.7 Å². The summed E-state index contributed by atoms with van der Waals surface area (Å²) in [5, 5.41) is 18.6. The molecule has 0 bridgehead atoms. The van der Waals surface area contributed by atoms with Gasteiger partial charge in [0.1, 0.15) is 12.1 Å². The van der Waals surface area contributed by atoms with Crippen LogP contribution in [0.3, 0.4) is 0 Å². The van der Waals surface area contributed by atoms with Gasteiger partial charge >= 0.3 is 0 Å². The van der Waals surface area contributed by atoms with E-state index >= 15 is 0 Å². The number of nitrogens with zero attached hydrogens (tertiary/aromatic N) is 5. The van der Waals surface area contributed by atoms with E-state index in [4.69, 9.17) is 4.52 Å². The molecule has 0 aliphatic heterocycles. The lowest BCUT2D eigenvalue weighted by Crippen LogP contribution is -2.18. The van der Waals surface area contributed by atoms with Crippen molar-refractivity contribution >= 4 is 0 Å². The molecular formula is C14H16N6O. The number of aryl methyl sites for hydroxylation is 1. The summed E-state index contributed by atoms with van der Waals surface area (Å²) in [5.74, 6) is 0.820. The van der Waals surface area contributed by atoms with Crippen molar-refractivity contribution < 1.29 is 4.52 Å². The number of benzene rings is 1. The first-order chi connectivity index (χ1) is 10.2. The van der Waals surface area contributed by atoms with E-state index in [1.807, 2.05) is 25.1 Å². The van der Waals surface area contributed by atoms with Gasteiger partial charge in [0.05, 0.1) is 11.4 Å². The number of rotatable bonds is 5. The number of aromatic nitrogens is 5. The molecule has 7 nitrogen and oxygen atoms in total. The minimum absolute atomic E-state index is 0.179. The summed E-state index contributed by atoms with van der Waals surface area (Å²) < 4.78 is 6.69. The molecule has 0 saturated heterocycles. The molecule has 0 amide bonds. The van der Waals surface area contributed by atoms with E-state index in [0.29, 0.717) is 6.54 Å². The summed E-state index contributed by atoms with van der Waals surface area (Å²) in [4.78, 5) is 0. The van der Waals surface area contributed by atoms with Crippen LogP contribution in [0.2, 0.25) is 0 Å². The molecule has 1 atom stereocenters. The van der Waals surface area contributed by atoms with E-state index in [1.54, 1.807) is 11.0 Å². The van der Waals surface area contributed by atoms with Crippen LogP contribution in [-0.4, -0.2) is 25.4 Å². The molecule has 3 aromatic rings. The van der Waals surface area contributed by atoms with Crippen LogP contribution in [0, 0.1) is 6.92 Å². The zero-order valence-electron chi connectivity index (χ0n) is 11.9. The molecule has 0 spiro atoms. The van der Waals surface area contributed by atoms with Gasteiger partial charge in [-0.1, -0.05) is 17.3 Å². The predicted molar refractivity (Wildman–Crippen MR) is 75.6 cm³/mol. The lowest BCUT2D eigenvalue weighted by Gasteiger charge is -2.14. The fourth-order valence-corrected chi connectivity index (χ4v) is 2.09. The summed E-state index contributed by atoms with van der Waals surface area (Å²) in [7, 11) is 0. The molecule has 0 fully saturated rings. The first kappa shape index (κ1) is 13.4. The minimum Gasteiger partial charge on any atom is -0.361 e. The van der Waals surface area contributed by atoms with Crippen molar-refractivity contribution in [3.8, 4) is 5.69 Å². The van der Waals surface area contributed by atoms with Gasteiger partial charge in [0.15, 0.2) is 0 Å². The third-order valence-electron chi connectivity index (χ3n) is 3.25. The lowest BCUT2D eigenvalue weighted by molar-refractivity contribution is 0.386. The maximum absolute atomic E-state index is 5.06. The normalized spacial score (nSPS) is 12.5. The van der Waals surface area contributed by atoms with Crippen molar-refractivity contribution in [1.82, 2.24) is 30.7 Å². The zero-order chi connectivity index (χ0) is 14.7. The third-order valence-corrected chi connectivity index (χ3v) is 3.25. The van der Waals surface area contributed by atoms with Crippen LogP contribution >= 0.6 is 0 Å². The Kier molecular flexibility index (Phi) is 3.74. The number of hydrogen-bond donors (Lipinski definition) is 1. The average Bonchev–Trinajstić information content (AvgIpc) is 3.16. The van der Waals surface area contributed by atoms with E-state index in [9.17, 15) is 0 Å². The Morgan fingerprint density at radius 3 is 2.95 bits per heavy atom. The van der Waals surface area contributed by atoms with Crippen molar-refractivity contribution in [2.75, 3.05) is 0 Å². The Morgan fingerprint density at radius 1 is 1.33 bits per heavy atom. The number of hydrogen-bond acceptors (Lipinski definition) is 6. The summed E-state index contributed by atoms with van der Waals surface area (Å²) in [6.07, 6.45) is 1.58. The Labute approximate surface area is 122 Å². The van der Waals surface area contributed by atoms with Crippen LogP contribution in [0.1, 0.15) is 30.0 Å². The molecule has 21 heavy (non-hydrogen) atoms. The first-order valence-corrected chi connectivity index (χ1v) is 6.71. The SMILES string of the molecule is Cc1cc(CNC(C)c2cccc(-n3cnnn3)c2)no1. The van der Waals surface area contributed by atoms with Gasteiger partial charge in [0.25, 0.3) is 0 Å². The van der Waals surface area contributed by atoms with Crippen LogP contribution < -0.4 is 5.32 Å². The van der Waals surface area contributed by atoms with Gasteiger partial charge in [-0.3, -0.25) is 0 Å². The maximum Gasteiger partial charge on any atom is 0.143 e. The summed E-state index contributed by atoms with van der Waals surface area (Å²) in [6.45, 7) is 4.65. The predicted octanol–water partition coefficient (Wildman–Crippen LogP) is 1.81. The molecule has 0 aliphatic carbocycles. The number of nitrogens with one attached hydrogen (secondary N) is 1. The molecule has 0 saturated carbocycles. The number of tetrazole rings is 1.